The molecule has 2 aliphatic rings. The van der Waals surface area contributed by atoms with Crippen LogP contribution in [0.15, 0.2) is 24.3 Å². The highest BCUT2D eigenvalue weighted by Crippen LogP contribution is 2.40. The molecular formula is C11H12FNO2. The molecule has 1 N–H and O–H groups in total. The molecule has 3 nitrogen and oxygen atoms in total. The SMILES string of the molecule is Fc1ccccc1[C@@]12COC[C@@H]1CON2. The van der Waals surface area contributed by atoms with E-state index in [0.717, 1.165) is 0 Å². The Balaban J connectivity index is 2.08. The zero-order chi connectivity index (χ0) is 10.3. The van der Waals surface area contributed by atoms with Crippen molar-refractivity contribution in [2.45, 2.75) is 5.54 Å². The third kappa shape index (κ3) is 1.22. The Bertz CT molecular complexity index is 373. The zero-order valence-corrected chi connectivity index (χ0v) is 8.20. The van der Waals surface area contributed by atoms with Gasteiger partial charge in [0.25, 0.3) is 0 Å². The second-order valence-corrected chi connectivity index (χ2v) is 4.08. The third-order valence-electron chi connectivity index (χ3n) is 3.24. The number of hydroxylamine groups is 1. The standard InChI is InChI=1S/C11H12FNO2/c12-10-4-2-1-3-9(10)11-7-14-5-8(11)6-15-13-11/h1-4,8,13H,5-7H2/t8-,11-/m1/s1. The van der Waals surface area contributed by atoms with Gasteiger partial charge in [-0.25, -0.2) is 4.39 Å². The van der Waals surface area contributed by atoms with E-state index in [1.165, 1.54) is 6.07 Å². The van der Waals surface area contributed by atoms with Crippen LogP contribution in [0.2, 0.25) is 0 Å². The highest BCUT2D eigenvalue weighted by atomic mass is 19.1. The van der Waals surface area contributed by atoms with Gasteiger partial charge in [0.2, 0.25) is 0 Å². The van der Waals surface area contributed by atoms with Gasteiger partial charge in [0.05, 0.1) is 19.8 Å². The lowest BCUT2D eigenvalue weighted by Gasteiger charge is -2.26. The fourth-order valence-corrected chi connectivity index (χ4v) is 2.37. The Kier molecular flexibility index (Phi) is 2.02. The fourth-order valence-electron chi connectivity index (χ4n) is 2.37. The molecule has 0 amide bonds. The molecule has 2 heterocycles. The van der Waals surface area contributed by atoms with Crippen molar-refractivity contribution in [3.8, 4) is 0 Å². The van der Waals surface area contributed by atoms with Crippen LogP contribution in [0.5, 0.6) is 0 Å². The van der Waals surface area contributed by atoms with Crippen molar-refractivity contribution < 1.29 is 14.0 Å². The molecular weight excluding hydrogens is 197 g/mol. The van der Waals surface area contributed by atoms with Crippen LogP contribution in [-0.2, 0) is 15.1 Å². The van der Waals surface area contributed by atoms with Crippen molar-refractivity contribution in [1.29, 1.82) is 0 Å². The summed E-state index contributed by atoms with van der Waals surface area (Å²) in [4.78, 5) is 5.23. The maximum atomic E-state index is 13.7. The van der Waals surface area contributed by atoms with Crippen molar-refractivity contribution >= 4 is 0 Å². The molecule has 80 valence electrons. The van der Waals surface area contributed by atoms with Crippen LogP contribution in [0, 0.1) is 11.7 Å². The predicted molar refractivity (Wildman–Crippen MR) is 51.5 cm³/mol. The van der Waals surface area contributed by atoms with Crippen LogP contribution in [-0.4, -0.2) is 19.8 Å². The fraction of sp³-hybridized carbons (Fsp3) is 0.455. The van der Waals surface area contributed by atoms with E-state index in [0.29, 0.717) is 25.4 Å². The number of hydrogen-bond donors (Lipinski definition) is 1. The van der Waals surface area contributed by atoms with E-state index < -0.39 is 5.54 Å². The summed E-state index contributed by atoms with van der Waals surface area (Å²) in [6.07, 6.45) is 0. The Morgan fingerprint density at radius 2 is 2.20 bits per heavy atom. The van der Waals surface area contributed by atoms with Gasteiger partial charge in [-0.3, -0.25) is 0 Å². The molecule has 2 atom stereocenters. The number of benzene rings is 1. The van der Waals surface area contributed by atoms with Gasteiger partial charge in [-0.15, -0.1) is 0 Å². The van der Waals surface area contributed by atoms with Crippen LogP contribution in [0.3, 0.4) is 0 Å². The minimum absolute atomic E-state index is 0.203. The molecule has 4 heteroatoms. The van der Waals surface area contributed by atoms with Crippen LogP contribution >= 0.6 is 0 Å². The van der Waals surface area contributed by atoms with E-state index in [1.54, 1.807) is 12.1 Å². The summed E-state index contributed by atoms with van der Waals surface area (Å²) in [5.74, 6) is 0.000370. The lowest BCUT2D eigenvalue weighted by molar-refractivity contribution is 0.0242. The van der Waals surface area contributed by atoms with Gasteiger partial charge < -0.3 is 9.57 Å². The molecule has 0 radical (unpaired) electrons. The van der Waals surface area contributed by atoms with Crippen molar-refractivity contribution in [3.05, 3.63) is 35.6 Å². The molecule has 0 spiro atoms. The zero-order valence-electron chi connectivity index (χ0n) is 8.20. The lowest BCUT2D eigenvalue weighted by Crippen LogP contribution is -2.42. The quantitative estimate of drug-likeness (QED) is 0.754. The van der Waals surface area contributed by atoms with Gasteiger partial charge in [-0.2, -0.15) is 5.48 Å². The summed E-state index contributed by atoms with van der Waals surface area (Å²) >= 11 is 0. The van der Waals surface area contributed by atoms with E-state index in [-0.39, 0.29) is 11.7 Å². The van der Waals surface area contributed by atoms with Crippen LogP contribution in [0.25, 0.3) is 0 Å². The van der Waals surface area contributed by atoms with Crippen molar-refractivity contribution in [2.75, 3.05) is 19.8 Å². The Labute approximate surface area is 87.1 Å². The minimum atomic E-state index is -0.481. The smallest absolute Gasteiger partial charge is 0.128 e. The van der Waals surface area contributed by atoms with E-state index >= 15 is 0 Å². The number of halogens is 1. The molecule has 2 saturated heterocycles. The molecule has 0 unspecified atom stereocenters. The molecule has 0 aliphatic carbocycles. The largest absolute Gasteiger partial charge is 0.379 e. The van der Waals surface area contributed by atoms with Crippen LogP contribution in [0.1, 0.15) is 5.56 Å². The number of hydrogen-bond acceptors (Lipinski definition) is 3. The number of rotatable bonds is 1. The first kappa shape index (κ1) is 9.27. The lowest BCUT2D eigenvalue weighted by atomic mass is 9.82. The maximum Gasteiger partial charge on any atom is 0.128 e. The average Bonchev–Trinajstić information content (AvgIpc) is 2.77. The summed E-state index contributed by atoms with van der Waals surface area (Å²) in [6.45, 7) is 1.67. The van der Waals surface area contributed by atoms with Gasteiger partial charge in [0, 0.05) is 11.5 Å². The van der Waals surface area contributed by atoms with E-state index in [9.17, 15) is 4.39 Å². The first-order valence-electron chi connectivity index (χ1n) is 5.05. The number of fused-ring (bicyclic) bond motifs is 1. The van der Waals surface area contributed by atoms with E-state index in [2.05, 4.69) is 5.48 Å². The second kappa shape index (κ2) is 3.27. The summed E-state index contributed by atoms with van der Waals surface area (Å²) in [5, 5.41) is 0. The highest BCUT2D eigenvalue weighted by Gasteiger charge is 2.51. The first-order chi connectivity index (χ1) is 7.33. The van der Waals surface area contributed by atoms with Gasteiger partial charge in [0.15, 0.2) is 0 Å². The molecule has 3 rings (SSSR count). The normalized spacial score (nSPS) is 34.3. The Morgan fingerprint density at radius 3 is 3.07 bits per heavy atom. The van der Waals surface area contributed by atoms with Crippen LogP contribution < -0.4 is 5.48 Å². The molecule has 2 fully saturated rings. The molecule has 2 aliphatic heterocycles. The average molecular weight is 209 g/mol. The van der Waals surface area contributed by atoms with E-state index in [1.807, 2.05) is 6.07 Å². The maximum absolute atomic E-state index is 13.7. The number of ether oxygens (including phenoxy) is 1. The minimum Gasteiger partial charge on any atom is -0.379 e. The Hall–Kier alpha value is -0.970. The molecule has 0 bridgehead atoms. The monoisotopic (exact) mass is 209 g/mol. The summed E-state index contributed by atoms with van der Waals surface area (Å²) in [6, 6.07) is 6.79. The molecule has 15 heavy (non-hydrogen) atoms. The summed E-state index contributed by atoms with van der Waals surface area (Å²) < 4.78 is 19.1. The molecule has 0 aromatic heterocycles. The third-order valence-corrected chi connectivity index (χ3v) is 3.24. The van der Waals surface area contributed by atoms with Gasteiger partial charge in [0.1, 0.15) is 11.4 Å². The summed E-state index contributed by atoms with van der Waals surface area (Å²) in [7, 11) is 0. The topological polar surface area (TPSA) is 30.5 Å². The van der Waals surface area contributed by atoms with Gasteiger partial charge in [-0.1, -0.05) is 18.2 Å². The molecule has 0 saturated carbocycles. The summed E-state index contributed by atoms with van der Waals surface area (Å²) in [5.41, 5.74) is 3.09. The van der Waals surface area contributed by atoms with Crippen molar-refractivity contribution in [2.24, 2.45) is 5.92 Å². The van der Waals surface area contributed by atoms with Gasteiger partial charge in [-0.05, 0) is 6.07 Å². The number of nitrogens with one attached hydrogen (secondary N) is 1. The first-order valence-corrected chi connectivity index (χ1v) is 5.05. The highest BCUT2D eigenvalue weighted by molar-refractivity contribution is 5.29. The second-order valence-electron chi connectivity index (χ2n) is 4.08. The Morgan fingerprint density at radius 1 is 1.33 bits per heavy atom. The molecule has 1 aromatic carbocycles. The van der Waals surface area contributed by atoms with Crippen molar-refractivity contribution in [3.63, 3.8) is 0 Å². The van der Waals surface area contributed by atoms with Crippen molar-refractivity contribution in [1.82, 2.24) is 5.48 Å². The molecule has 1 aromatic rings. The van der Waals surface area contributed by atoms with Crippen LogP contribution in [0.4, 0.5) is 4.39 Å². The predicted octanol–water partition coefficient (Wildman–Crippen LogP) is 1.20. The van der Waals surface area contributed by atoms with Gasteiger partial charge >= 0.3 is 0 Å². The van der Waals surface area contributed by atoms with E-state index in [4.69, 9.17) is 9.57 Å².